The Hall–Kier alpha value is -1.79. The molecule has 6 nitrogen and oxygen atoms in total. The Labute approximate surface area is 156 Å². The molecule has 144 valence electrons. The maximum Gasteiger partial charge on any atom is 0.190 e. The SMILES string of the molecule is CN=C(NCCCOCC1CCCO1)NCC1CCOc2ccccc21. The zero-order chi connectivity index (χ0) is 18.0. The van der Waals surface area contributed by atoms with E-state index in [2.05, 4.69) is 27.8 Å². The van der Waals surface area contributed by atoms with E-state index in [4.69, 9.17) is 14.2 Å². The van der Waals surface area contributed by atoms with Crippen molar-refractivity contribution in [2.75, 3.05) is 46.6 Å². The smallest absolute Gasteiger partial charge is 0.190 e. The van der Waals surface area contributed by atoms with Crippen molar-refractivity contribution in [2.45, 2.75) is 37.7 Å². The van der Waals surface area contributed by atoms with E-state index in [0.717, 1.165) is 76.9 Å². The quantitative estimate of drug-likeness (QED) is 0.423. The Morgan fingerprint density at radius 3 is 3.00 bits per heavy atom. The first-order valence-electron chi connectivity index (χ1n) is 9.72. The van der Waals surface area contributed by atoms with Crippen molar-refractivity contribution < 1.29 is 14.2 Å². The Morgan fingerprint density at radius 1 is 1.23 bits per heavy atom. The van der Waals surface area contributed by atoms with Crippen molar-refractivity contribution in [1.29, 1.82) is 0 Å². The van der Waals surface area contributed by atoms with Crippen LogP contribution in [-0.2, 0) is 9.47 Å². The maximum atomic E-state index is 5.73. The molecule has 26 heavy (non-hydrogen) atoms. The predicted molar refractivity (Wildman–Crippen MR) is 103 cm³/mol. The molecule has 1 aromatic carbocycles. The number of rotatable bonds is 8. The van der Waals surface area contributed by atoms with Gasteiger partial charge in [0.2, 0.25) is 0 Å². The Bertz CT molecular complexity index is 573. The summed E-state index contributed by atoms with van der Waals surface area (Å²) in [6, 6.07) is 8.30. The molecule has 2 N–H and O–H groups in total. The summed E-state index contributed by atoms with van der Waals surface area (Å²) in [6.45, 7) is 4.82. The summed E-state index contributed by atoms with van der Waals surface area (Å²) in [5.41, 5.74) is 1.28. The van der Waals surface area contributed by atoms with Gasteiger partial charge in [-0.05, 0) is 37.3 Å². The van der Waals surface area contributed by atoms with Gasteiger partial charge in [0.15, 0.2) is 5.96 Å². The van der Waals surface area contributed by atoms with Gasteiger partial charge in [-0.3, -0.25) is 4.99 Å². The average molecular weight is 361 g/mol. The molecule has 0 saturated carbocycles. The van der Waals surface area contributed by atoms with Crippen LogP contribution in [0.4, 0.5) is 0 Å². The number of hydrogen-bond donors (Lipinski definition) is 2. The summed E-state index contributed by atoms with van der Waals surface area (Å²) in [7, 11) is 1.81. The molecule has 2 aliphatic heterocycles. The van der Waals surface area contributed by atoms with E-state index >= 15 is 0 Å². The second-order valence-corrected chi connectivity index (χ2v) is 6.82. The van der Waals surface area contributed by atoms with Gasteiger partial charge in [-0.25, -0.2) is 0 Å². The lowest BCUT2D eigenvalue weighted by molar-refractivity contribution is 0.0168. The van der Waals surface area contributed by atoms with Gasteiger partial charge in [-0.2, -0.15) is 0 Å². The van der Waals surface area contributed by atoms with Gasteiger partial charge in [0.25, 0.3) is 0 Å². The highest BCUT2D eigenvalue weighted by Crippen LogP contribution is 2.32. The maximum absolute atomic E-state index is 5.73. The first-order chi connectivity index (χ1) is 12.9. The molecule has 0 amide bonds. The van der Waals surface area contributed by atoms with Crippen LogP contribution in [0.3, 0.4) is 0 Å². The number of fused-ring (bicyclic) bond motifs is 1. The summed E-state index contributed by atoms with van der Waals surface area (Å²) in [5, 5.41) is 6.80. The van der Waals surface area contributed by atoms with E-state index in [1.807, 2.05) is 12.1 Å². The summed E-state index contributed by atoms with van der Waals surface area (Å²) in [4.78, 5) is 4.31. The first kappa shape index (κ1) is 19.0. The highest BCUT2D eigenvalue weighted by Gasteiger charge is 2.21. The van der Waals surface area contributed by atoms with Gasteiger partial charge < -0.3 is 24.8 Å². The predicted octanol–water partition coefficient (Wildman–Crippen LogP) is 2.30. The molecular formula is C20H31N3O3. The molecule has 0 bridgehead atoms. The second-order valence-electron chi connectivity index (χ2n) is 6.82. The van der Waals surface area contributed by atoms with Crippen LogP contribution >= 0.6 is 0 Å². The number of nitrogens with zero attached hydrogens (tertiary/aromatic N) is 1. The number of hydrogen-bond acceptors (Lipinski definition) is 4. The number of para-hydroxylation sites is 1. The molecule has 3 rings (SSSR count). The molecular weight excluding hydrogens is 330 g/mol. The lowest BCUT2D eigenvalue weighted by Gasteiger charge is -2.26. The van der Waals surface area contributed by atoms with Gasteiger partial charge in [0.1, 0.15) is 5.75 Å². The van der Waals surface area contributed by atoms with Crippen LogP contribution in [0.2, 0.25) is 0 Å². The van der Waals surface area contributed by atoms with E-state index < -0.39 is 0 Å². The summed E-state index contributed by atoms with van der Waals surface area (Å²) >= 11 is 0. The Kier molecular flexibility index (Phi) is 7.58. The number of guanidine groups is 1. The average Bonchev–Trinajstić information content (AvgIpc) is 3.20. The fourth-order valence-electron chi connectivity index (χ4n) is 3.44. The van der Waals surface area contributed by atoms with Crippen LogP contribution in [0.25, 0.3) is 0 Å². The zero-order valence-corrected chi connectivity index (χ0v) is 15.7. The minimum Gasteiger partial charge on any atom is -0.493 e. The van der Waals surface area contributed by atoms with Crippen LogP contribution in [0.5, 0.6) is 5.75 Å². The van der Waals surface area contributed by atoms with E-state index in [-0.39, 0.29) is 0 Å². The molecule has 1 saturated heterocycles. The van der Waals surface area contributed by atoms with Crippen molar-refractivity contribution in [1.82, 2.24) is 10.6 Å². The molecule has 0 spiro atoms. The first-order valence-corrected chi connectivity index (χ1v) is 9.72. The van der Waals surface area contributed by atoms with Crippen LogP contribution in [-0.4, -0.2) is 58.6 Å². The molecule has 2 aliphatic rings. The minimum absolute atomic E-state index is 0.305. The van der Waals surface area contributed by atoms with Crippen molar-refractivity contribution in [2.24, 2.45) is 4.99 Å². The van der Waals surface area contributed by atoms with E-state index in [0.29, 0.717) is 12.0 Å². The topological polar surface area (TPSA) is 64.1 Å². The number of nitrogens with one attached hydrogen (secondary N) is 2. The zero-order valence-electron chi connectivity index (χ0n) is 15.7. The van der Waals surface area contributed by atoms with E-state index in [1.54, 1.807) is 7.05 Å². The molecule has 0 aliphatic carbocycles. The lowest BCUT2D eigenvalue weighted by atomic mass is 9.93. The Morgan fingerprint density at radius 2 is 2.15 bits per heavy atom. The fourth-order valence-corrected chi connectivity index (χ4v) is 3.44. The second kappa shape index (κ2) is 10.4. The standard InChI is InChI=1S/C20H31N3O3/c1-21-20(22-10-5-11-24-15-17-6-4-12-25-17)23-14-16-9-13-26-19-8-3-2-7-18(16)19/h2-3,7-8,16-17H,4-6,9-15H2,1H3,(H2,21,22,23). The third-order valence-corrected chi connectivity index (χ3v) is 4.91. The normalized spacial score (nSPS) is 22.6. The molecule has 6 heteroatoms. The molecule has 1 aromatic rings. The van der Waals surface area contributed by atoms with Gasteiger partial charge in [-0.1, -0.05) is 18.2 Å². The summed E-state index contributed by atoms with van der Waals surface area (Å²) in [6.07, 6.45) is 4.57. The summed E-state index contributed by atoms with van der Waals surface area (Å²) < 4.78 is 17.0. The van der Waals surface area contributed by atoms with Crippen LogP contribution in [0.1, 0.15) is 37.2 Å². The van der Waals surface area contributed by atoms with Gasteiger partial charge in [-0.15, -0.1) is 0 Å². The summed E-state index contributed by atoms with van der Waals surface area (Å²) in [5.74, 6) is 2.30. The molecule has 2 atom stereocenters. The van der Waals surface area contributed by atoms with E-state index in [9.17, 15) is 0 Å². The van der Waals surface area contributed by atoms with E-state index in [1.165, 1.54) is 5.56 Å². The molecule has 2 heterocycles. The van der Waals surface area contributed by atoms with Crippen molar-refractivity contribution in [3.63, 3.8) is 0 Å². The monoisotopic (exact) mass is 361 g/mol. The van der Waals surface area contributed by atoms with Gasteiger partial charge in [0.05, 0.1) is 19.3 Å². The highest BCUT2D eigenvalue weighted by molar-refractivity contribution is 5.79. The minimum atomic E-state index is 0.305. The number of ether oxygens (including phenoxy) is 3. The third kappa shape index (κ3) is 5.61. The van der Waals surface area contributed by atoms with Gasteiger partial charge in [0, 0.05) is 39.3 Å². The third-order valence-electron chi connectivity index (χ3n) is 4.91. The van der Waals surface area contributed by atoms with Gasteiger partial charge >= 0.3 is 0 Å². The molecule has 1 fully saturated rings. The number of benzene rings is 1. The molecule has 0 aromatic heterocycles. The Balaban J connectivity index is 1.31. The van der Waals surface area contributed by atoms with Crippen molar-refractivity contribution >= 4 is 5.96 Å². The molecule has 0 radical (unpaired) electrons. The van der Waals surface area contributed by atoms with Crippen molar-refractivity contribution in [3.8, 4) is 5.75 Å². The van der Waals surface area contributed by atoms with Crippen LogP contribution in [0.15, 0.2) is 29.3 Å². The van der Waals surface area contributed by atoms with Crippen LogP contribution in [0, 0.1) is 0 Å². The highest BCUT2D eigenvalue weighted by atomic mass is 16.5. The largest absolute Gasteiger partial charge is 0.493 e. The lowest BCUT2D eigenvalue weighted by Crippen LogP contribution is -2.40. The number of aliphatic imine (C=N–C) groups is 1. The van der Waals surface area contributed by atoms with Crippen molar-refractivity contribution in [3.05, 3.63) is 29.8 Å². The molecule has 2 unspecified atom stereocenters. The van der Waals surface area contributed by atoms with Crippen LogP contribution < -0.4 is 15.4 Å². The fraction of sp³-hybridized carbons (Fsp3) is 0.650.